The fourth-order valence-electron chi connectivity index (χ4n) is 2.29. The van der Waals surface area contributed by atoms with Crippen LogP contribution in [-0.4, -0.2) is 12.5 Å². The number of rotatable bonds is 1. The minimum atomic E-state index is -0.288. The minimum absolute atomic E-state index is 0.0107. The predicted molar refractivity (Wildman–Crippen MR) is 68.2 cm³/mol. The smallest absolute Gasteiger partial charge is 0.258 e. The molecule has 0 bridgehead atoms. The Morgan fingerprint density at radius 1 is 1.00 bits per heavy atom. The maximum atomic E-state index is 12.9. The van der Waals surface area contributed by atoms with E-state index in [1.54, 1.807) is 17.0 Å². The summed E-state index contributed by atoms with van der Waals surface area (Å²) < 4.78 is 12.9. The number of carbonyl (C=O) groups is 1. The van der Waals surface area contributed by atoms with Crippen LogP contribution in [0.25, 0.3) is 0 Å². The van der Waals surface area contributed by atoms with Crippen LogP contribution in [0.1, 0.15) is 15.9 Å². The van der Waals surface area contributed by atoms with E-state index in [0.717, 1.165) is 23.2 Å². The first-order valence-corrected chi connectivity index (χ1v) is 5.91. The SMILES string of the molecule is O=C1c2ccccc2CCN1c1ccc(F)cc1. The zero-order valence-electron chi connectivity index (χ0n) is 9.77. The van der Waals surface area contributed by atoms with Gasteiger partial charge in [-0.25, -0.2) is 4.39 Å². The number of hydrogen-bond acceptors (Lipinski definition) is 1. The molecule has 2 nitrogen and oxygen atoms in total. The number of halogens is 1. The first-order chi connectivity index (χ1) is 8.75. The van der Waals surface area contributed by atoms with E-state index in [0.29, 0.717) is 6.54 Å². The Bertz CT molecular complexity index is 592. The molecule has 0 spiro atoms. The zero-order valence-corrected chi connectivity index (χ0v) is 9.77. The summed E-state index contributed by atoms with van der Waals surface area (Å²) in [4.78, 5) is 14.0. The summed E-state index contributed by atoms with van der Waals surface area (Å²) in [6.45, 7) is 0.640. The van der Waals surface area contributed by atoms with Crippen molar-refractivity contribution in [2.45, 2.75) is 6.42 Å². The average molecular weight is 241 g/mol. The molecule has 0 aliphatic carbocycles. The Morgan fingerprint density at radius 2 is 1.72 bits per heavy atom. The normalized spacial score (nSPS) is 14.5. The van der Waals surface area contributed by atoms with Crippen molar-refractivity contribution < 1.29 is 9.18 Å². The average Bonchev–Trinajstić information content (AvgIpc) is 2.41. The van der Waals surface area contributed by atoms with Crippen molar-refractivity contribution in [3.8, 4) is 0 Å². The molecule has 3 heteroatoms. The van der Waals surface area contributed by atoms with Gasteiger partial charge in [-0.2, -0.15) is 0 Å². The van der Waals surface area contributed by atoms with Crippen LogP contribution in [0.3, 0.4) is 0 Å². The van der Waals surface area contributed by atoms with Crippen molar-refractivity contribution in [1.82, 2.24) is 0 Å². The molecule has 0 radical (unpaired) electrons. The summed E-state index contributed by atoms with van der Waals surface area (Å²) in [5.74, 6) is -0.299. The lowest BCUT2D eigenvalue weighted by Gasteiger charge is -2.28. The lowest BCUT2D eigenvalue weighted by atomic mass is 9.99. The van der Waals surface area contributed by atoms with Gasteiger partial charge < -0.3 is 4.90 Å². The third-order valence-corrected chi connectivity index (χ3v) is 3.24. The molecule has 0 saturated heterocycles. The molecule has 0 unspecified atom stereocenters. The second-order valence-corrected chi connectivity index (χ2v) is 4.34. The molecule has 2 aromatic carbocycles. The second kappa shape index (κ2) is 4.26. The Kier molecular flexibility index (Phi) is 2.59. The molecule has 1 aliphatic rings. The third-order valence-electron chi connectivity index (χ3n) is 3.24. The number of anilines is 1. The molecule has 0 fully saturated rings. The van der Waals surface area contributed by atoms with Gasteiger partial charge in [-0.15, -0.1) is 0 Å². The molecule has 0 atom stereocenters. The van der Waals surface area contributed by atoms with Gasteiger partial charge in [0.2, 0.25) is 0 Å². The lowest BCUT2D eigenvalue weighted by Crippen LogP contribution is -2.37. The molecule has 1 amide bonds. The van der Waals surface area contributed by atoms with Crippen molar-refractivity contribution >= 4 is 11.6 Å². The minimum Gasteiger partial charge on any atom is -0.308 e. The third kappa shape index (κ3) is 1.78. The largest absolute Gasteiger partial charge is 0.308 e. The Balaban J connectivity index is 1.97. The van der Waals surface area contributed by atoms with Crippen molar-refractivity contribution in [3.05, 3.63) is 65.5 Å². The first-order valence-electron chi connectivity index (χ1n) is 5.91. The lowest BCUT2D eigenvalue weighted by molar-refractivity contribution is 0.0980. The second-order valence-electron chi connectivity index (χ2n) is 4.34. The molecule has 2 aromatic rings. The summed E-state index contributed by atoms with van der Waals surface area (Å²) in [6, 6.07) is 13.7. The van der Waals surface area contributed by atoms with Gasteiger partial charge in [0.25, 0.3) is 5.91 Å². The van der Waals surface area contributed by atoms with Gasteiger partial charge in [0, 0.05) is 17.8 Å². The van der Waals surface area contributed by atoms with Gasteiger partial charge >= 0.3 is 0 Å². The molecular formula is C15H12FNO. The zero-order chi connectivity index (χ0) is 12.5. The maximum absolute atomic E-state index is 12.9. The Hall–Kier alpha value is -2.16. The highest BCUT2D eigenvalue weighted by molar-refractivity contribution is 6.08. The van der Waals surface area contributed by atoms with E-state index in [1.165, 1.54) is 12.1 Å². The van der Waals surface area contributed by atoms with Crippen LogP contribution < -0.4 is 4.90 Å². The number of hydrogen-bond donors (Lipinski definition) is 0. The number of benzene rings is 2. The van der Waals surface area contributed by atoms with Crippen LogP contribution in [0, 0.1) is 5.82 Å². The summed E-state index contributed by atoms with van der Waals surface area (Å²) >= 11 is 0. The molecular weight excluding hydrogens is 229 g/mol. The number of fused-ring (bicyclic) bond motifs is 1. The highest BCUT2D eigenvalue weighted by atomic mass is 19.1. The van der Waals surface area contributed by atoms with E-state index < -0.39 is 0 Å². The summed E-state index contributed by atoms with van der Waals surface area (Å²) in [7, 11) is 0. The molecule has 90 valence electrons. The molecule has 0 N–H and O–H groups in total. The first kappa shape index (κ1) is 11.0. The molecule has 0 aromatic heterocycles. The molecule has 1 heterocycles. The fraction of sp³-hybridized carbons (Fsp3) is 0.133. The van der Waals surface area contributed by atoms with Crippen LogP contribution in [0.4, 0.5) is 10.1 Å². The summed E-state index contributed by atoms with van der Waals surface area (Å²) in [5, 5.41) is 0. The van der Waals surface area contributed by atoms with E-state index in [9.17, 15) is 9.18 Å². The molecule has 0 saturated carbocycles. The monoisotopic (exact) mass is 241 g/mol. The standard InChI is InChI=1S/C15H12FNO/c16-12-5-7-13(8-6-12)17-10-9-11-3-1-2-4-14(11)15(17)18/h1-8H,9-10H2. The molecule has 1 aliphatic heterocycles. The fourth-order valence-corrected chi connectivity index (χ4v) is 2.29. The van der Waals surface area contributed by atoms with Gasteiger partial charge in [-0.1, -0.05) is 18.2 Å². The van der Waals surface area contributed by atoms with E-state index in [1.807, 2.05) is 24.3 Å². The van der Waals surface area contributed by atoms with Crippen molar-refractivity contribution in [1.29, 1.82) is 0 Å². The van der Waals surface area contributed by atoms with Crippen molar-refractivity contribution in [3.63, 3.8) is 0 Å². The van der Waals surface area contributed by atoms with Gasteiger partial charge in [0.05, 0.1) is 0 Å². The molecule has 18 heavy (non-hydrogen) atoms. The van der Waals surface area contributed by atoms with Crippen molar-refractivity contribution in [2.75, 3.05) is 11.4 Å². The van der Waals surface area contributed by atoms with Gasteiger partial charge in [0.15, 0.2) is 0 Å². The highest BCUT2D eigenvalue weighted by Gasteiger charge is 2.24. The number of carbonyl (C=O) groups excluding carboxylic acids is 1. The quantitative estimate of drug-likeness (QED) is 0.751. The Morgan fingerprint density at radius 3 is 2.50 bits per heavy atom. The van der Waals surface area contributed by atoms with E-state index in [2.05, 4.69) is 0 Å². The molecule has 3 rings (SSSR count). The Labute approximate surface area is 105 Å². The van der Waals surface area contributed by atoms with E-state index >= 15 is 0 Å². The van der Waals surface area contributed by atoms with Crippen LogP contribution in [0.2, 0.25) is 0 Å². The van der Waals surface area contributed by atoms with Crippen molar-refractivity contribution in [2.24, 2.45) is 0 Å². The van der Waals surface area contributed by atoms with Gasteiger partial charge in [-0.3, -0.25) is 4.79 Å². The van der Waals surface area contributed by atoms with E-state index in [-0.39, 0.29) is 11.7 Å². The van der Waals surface area contributed by atoms with Gasteiger partial charge in [-0.05, 0) is 42.3 Å². The summed E-state index contributed by atoms with van der Waals surface area (Å²) in [6.07, 6.45) is 0.833. The van der Waals surface area contributed by atoms with Crippen LogP contribution >= 0.6 is 0 Å². The maximum Gasteiger partial charge on any atom is 0.258 e. The van der Waals surface area contributed by atoms with Crippen LogP contribution in [-0.2, 0) is 6.42 Å². The topological polar surface area (TPSA) is 20.3 Å². The number of nitrogens with zero attached hydrogens (tertiary/aromatic N) is 1. The summed E-state index contributed by atoms with van der Waals surface area (Å²) in [5.41, 5.74) is 2.57. The number of amides is 1. The van der Waals surface area contributed by atoms with Crippen LogP contribution in [0.5, 0.6) is 0 Å². The highest BCUT2D eigenvalue weighted by Crippen LogP contribution is 2.24. The predicted octanol–water partition coefficient (Wildman–Crippen LogP) is 3.03. The van der Waals surface area contributed by atoms with E-state index in [4.69, 9.17) is 0 Å². The van der Waals surface area contributed by atoms with Gasteiger partial charge in [0.1, 0.15) is 5.82 Å². The van der Waals surface area contributed by atoms with Crippen LogP contribution in [0.15, 0.2) is 48.5 Å².